The highest BCUT2D eigenvalue weighted by Crippen LogP contribution is 2.53. The molecule has 1 heterocycles. The van der Waals surface area contributed by atoms with Gasteiger partial charge in [0.25, 0.3) is 0 Å². The molecule has 84 valence electrons. The number of amides is 1. The van der Waals surface area contributed by atoms with Gasteiger partial charge in [-0.05, 0) is 13.0 Å². The fourth-order valence-corrected chi connectivity index (χ4v) is 3.25. The zero-order valence-corrected chi connectivity index (χ0v) is 9.44. The van der Waals surface area contributed by atoms with Crippen molar-refractivity contribution in [3.05, 3.63) is 36.5 Å². The normalized spacial score (nSPS) is 48.0. The van der Waals surface area contributed by atoms with Crippen molar-refractivity contribution < 1.29 is 9.53 Å². The number of carbonyl (C=O) groups is 1. The molecule has 0 radical (unpaired) electrons. The van der Waals surface area contributed by atoms with E-state index in [9.17, 15) is 4.79 Å². The molecule has 16 heavy (non-hydrogen) atoms. The molecule has 2 aliphatic carbocycles. The van der Waals surface area contributed by atoms with Gasteiger partial charge in [0.1, 0.15) is 5.60 Å². The van der Waals surface area contributed by atoms with Crippen molar-refractivity contribution in [3.63, 3.8) is 0 Å². The summed E-state index contributed by atoms with van der Waals surface area (Å²) in [5, 5.41) is 3.01. The molecular formula is C13H15NO2. The number of rotatable bonds is 1. The minimum absolute atomic E-state index is 0.0533. The van der Waals surface area contributed by atoms with Crippen LogP contribution in [0.15, 0.2) is 36.5 Å². The Morgan fingerprint density at radius 1 is 1.31 bits per heavy atom. The number of hydrogen-bond acceptors (Lipinski definition) is 2. The van der Waals surface area contributed by atoms with Crippen molar-refractivity contribution in [2.45, 2.75) is 18.6 Å². The van der Waals surface area contributed by atoms with E-state index in [0.717, 1.165) is 0 Å². The summed E-state index contributed by atoms with van der Waals surface area (Å²) >= 11 is 0. The molecule has 3 rings (SSSR count). The van der Waals surface area contributed by atoms with Crippen LogP contribution in [0.25, 0.3) is 0 Å². The summed E-state index contributed by atoms with van der Waals surface area (Å²) in [6.45, 7) is 1.99. The van der Waals surface area contributed by atoms with E-state index < -0.39 is 11.0 Å². The zero-order valence-electron chi connectivity index (χ0n) is 9.44. The molecule has 3 nitrogen and oxygen atoms in total. The molecule has 0 spiro atoms. The standard InChI is InChI=1S/C13H15NO2/c1-12-9-5-3-4-8-13(12,16-2)10(7-6-9)14-11(12)15/h3-10H,1-2H3,(H,14,15)/t9-,10+,12-,13-/m0/s1. The summed E-state index contributed by atoms with van der Waals surface area (Å²) in [4.78, 5) is 12.2. The number of allylic oxidation sites excluding steroid dienone is 4. The minimum atomic E-state index is -0.549. The van der Waals surface area contributed by atoms with Crippen LogP contribution in [0.4, 0.5) is 0 Å². The zero-order chi connectivity index (χ0) is 11.4. The Labute approximate surface area is 94.9 Å². The summed E-state index contributed by atoms with van der Waals surface area (Å²) in [5.74, 6) is 0.173. The molecule has 0 aromatic heterocycles. The lowest BCUT2D eigenvalue weighted by Crippen LogP contribution is -2.55. The summed E-state index contributed by atoms with van der Waals surface area (Å²) in [6.07, 6.45) is 12.2. The van der Waals surface area contributed by atoms with Crippen molar-refractivity contribution in [2.75, 3.05) is 7.11 Å². The van der Waals surface area contributed by atoms with Gasteiger partial charge in [0.2, 0.25) is 5.91 Å². The van der Waals surface area contributed by atoms with E-state index in [2.05, 4.69) is 17.5 Å². The van der Waals surface area contributed by atoms with Gasteiger partial charge in [-0.15, -0.1) is 0 Å². The molecular weight excluding hydrogens is 202 g/mol. The number of nitrogens with one attached hydrogen (secondary N) is 1. The Bertz CT molecular complexity index is 437. The summed E-state index contributed by atoms with van der Waals surface area (Å²) in [5.41, 5.74) is -1.09. The highest BCUT2D eigenvalue weighted by Gasteiger charge is 2.66. The van der Waals surface area contributed by atoms with Crippen LogP contribution in [0.1, 0.15) is 6.92 Å². The summed E-state index contributed by atoms with van der Waals surface area (Å²) < 4.78 is 5.73. The topological polar surface area (TPSA) is 38.3 Å². The van der Waals surface area contributed by atoms with E-state index in [0.29, 0.717) is 0 Å². The maximum absolute atomic E-state index is 12.2. The van der Waals surface area contributed by atoms with E-state index in [1.807, 2.05) is 31.2 Å². The van der Waals surface area contributed by atoms with Crippen LogP contribution in [0.2, 0.25) is 0 Å². The van der Waals surface area contributed by atoms with Gasteiger partial charge in [0.15, 0.2) is 0 Å². The Morgan fingerprint density at radius 2 is 2.12 bits per heavy atom. The number of carbonyl (C=O) groups excluding carboxylic acids is 1. The second-order valence-electron chi connectivity index (χ2n) is 4.81. The molecule has 0 saturated carbocycles. The lowest BCUT2D eigenvalue weighted by atomic mass is 9.62. The van der Waals surface area contributed by atoms with Crippen molar-refractivity contribution in [3.8, 4) is 0 Å². The van der Waals surface area contributed by atoms with E-state index >= 15 is 0 Å². The van der Waals surface area contributed by atoms with Crippen LogP contribution >= 0.6 is 0 Å². The van der Waals surface area contributed by atoms with E-state index in [-0.39, 0.29) is 17.9 Å². The quantitative estimate of drug-likeness (QED) is 0.670. The van der Waals surface area contributed by atoms with Crippen LogP contribution in [-0.4, -0.2) is 24.7 Å². The molecule has 1 amide bonds. The van der Waals surface area contributed by atoms with Crippen molar-refractivity contribution in [1.82, 2.24) is 5.32 Å². The molecule has 1 N–H and O–H groups in total. The molecule has 1 fully saturated rings. The van der Waals surface area contributed by atoms with Crippen molar-refractivity contribution in [2.24, 2.45) is 11.3 Å². The Balaban J connectivity index is 2.29. The predicted molar refractivity (Wildman–Crippen MR) is 60.7 cm³/mol. The first-order chi connectivity index (χ1) is 7.65. The van der Waals surface area contributed by atoms with Crippen LogP contribution in [0, 0.1) is 11.3 Å². The fourth-order valence-electron chi connectivity index (χ4n) is 3.25. The van der Waals surface area contributed by atoms with Crippen molar-refractivity contribution in [1.29, 1.82) is 0 Å². The lowest BCUT2D eigenvalue weighted by Gasteiger charge is -2.45. The largest absolute Gasteiger partial charge is 0.370 e. The van der Waals surface area contributed by atoms with Crippen LogP contribution in [0.5, 0.6) is 0 Å². The van der Waals surface area contributed by atoms with Crippen LogP contribution in [-0.2, 0) is 9.53 Å². The van der Waals surface area contributed by atoms with E-state index in [1.54, 1.807) is 7.11 Å². The molecule has 0 aromatic carbocycles. The van der Waals surface area contributed by atoms with Crippen LogP contribution in [0.3, 0.4) is 0 Å². The molecule has 3 aliphatic rings. The van der Waals surface area contributed by atoms with Gasteiger partial charge >= 0.3 is 0 Å². The first kappa shape index (κ1) is 9.85. The van der Waals surface area contributed by atoms with Gasteiger partial charge in [-0.25, -0.2) is 0 Å². The Hall–Kier alpha value is -1.35. The van der Waals surface area contributed by atoms with E-state index in [1.165, 1.54) is 0 Å². The monoisotopic (exact) mass is 217 g/mol. The van der Waals surface area contributed by atoms with Gasteiger partial charge in [-0.2, -0.15) is 0 Å². The van der Waals surface area contributed by atoms with Gasteiger partial charge in [-0.3, -0.25) is 4.79 Å². The van der Waals surface area contributed by atoms with Crippen molar-refractivity contribution >= 4 is 5.91 Å². The second-order valence-corrected chi connectivity index (χ2v) is 4.81. The number of hydrogen-bond donors (Lipinski definition) is 1. The third-order valence-corrected chi connectivity index (χ3v) is 4.32. The average Bonchev–Trinajstić information content (AvgIpc) is 2.37. The molecule has 4 atom stereocenters. The van der Waals surface area contributed by atoms with Gasteiger partial charge in [-0.1, -0.05) is 30.4 Å². The first-order valence-corrected chi connectivity index (χ1v) is 5.55. The van der Waals surface area contributed by atoms with Gasteiger partial charge in [0, 0.05) is 13.0 Å². The number of methoxy groups -OCH3 is 1. The Morgan fingerprint density at radius 3 is 2.88 bits per heavy atom. The molecule has 0 aromatic rings. The number of ether oxygens (including phenoxy) is 1. The highest BCUT2D eigenvalue weighted by atomic mass is 16.5. The molecule has 3 heteroatoms. The maximum atomic E-state index is 12.2. The minimum Gasteiger partial charge on any atom is -0.370 e. The summed E-state index contributed by atoms with van der Waals surface area (Å²) in [7, 11) is 1.68. The fraction of sp³-hybridized carbons (Fsp3) is 0.462. The third kappa shape index (κ3) is 0.824. The van der Waals surface area contributed by atoms with E-state index in [4.69, 9.17) is 4.74 Å². The second kappa shape index (κ2) is 2.86. The first-order valence-electron chi connectivity index (χ1n) is 5.55. The van der Waals surface area contributed by atoms with Gasteiger partial charge in [0.05, 0.1) is 11.5 Å². The SMILES string of the molecule is CO[C@@]12C=CC=C[C@H]3C=C[C@H]1NC(=O)[C@]32C. The van der Waals surface area contributed by atoms with Gasteiger partial charge < -0.3 is 10.1 Å². The molecule has 1 aliphatic heterocycles. The smallest absolute Gasteiger partial charge is 0.230 e. The van der Waals surface area contributed by atoms with Crippen LogP contribution < -0.4 is 5.32 Å². The average molecular weight is 217 g/mol. The summed E-state index contributed by atoms with van der Waals surface area (Å²) in [6, 6.07) is -0.0533. The maximum Gasteiger partial charge on any atom is 0.230 e. The highest BCUT2D eigenvalue weighted by molar-refractivity contribution is 5.90. The predicted octanol–water partition coefficient (Wildman–Crippen LogP) is 1.19. The molecule has 0 unspecified atom stereocenters. The molecule has 4 bridgehead atoms. The Kier molecular flexibility index (Phi) is 1.76. The lowest BCUT2D eigenvalue weighted by molar-refractivity contribution is -0.137. The molecule has 1 saturated heterocycles. The third-order valence-electron chi connectivity index (χ3n) is 4.32.